The lowest BCUT2D eigenvalue weighted by Gasteiger charge is -2.62. The number of amides is 1. The highest BCUT2D eigenvalue weighted by Gasteiger charge is 2.61. The van der Waals surface area contributed by atoms with Gasteiger partial charge in [0.05, 0.1) is 12.5 Å². The molecule has 2 aromatic heterocycles. The number of likely N-dealkylation sites (tertiary alicyclic amines) is 1. The predicted octanol–water partition coefficient (Wildman–Crippen LogP) is 4.98. The van der Waals surface area contributed by atoms with Crippen molar-refractivity contribution in [2.75, 3.05) is 20.2 Å². The smallest absolute Gasteiger partial charge is 0.228 e. The lowest BCUT2D eigenvalue weighted by molar-refractivity contribution is -0.161. The van der Waals surface area contributed by atoms with Crippen molar-refractivity contribution in [2.24, 2.45) is 17.3 Å². The van der Waals surface area contributed by atoms with Gasteiger partial charge in [0.15, 0.2) is 5.65 Å². The maximum atomic E-state index is 14.2. The van der Waals surface area contributed by atoms with Crippen LogP contribution in [-0.2, 0) is 10.2 Å². The van der Waals surface area contributed by atoms with E-state index in [0.717, 1.165) is 62.4 Å². The highest BCUT2D eigenvalue weighted by molar-refractivity contribution is 5.84. The number of carbonyl (C=O) groups excluding carboxylic acids is 1. The molecule has 35 heavy (non-hydrogen) atoms. The van der Waals surface area contributed by atoms with Gasteiger partial charge >= 0.3 is 0 Å². The molecular formula is C29H34N4O2. The second-order valence-corrected chi connectivity index (χ2v) is 11.8. The van der Waals surface area contributed by atoms with E-state index in [1.54, 1.807) is 7.11 Å². The van der Waals surface area contributed by atoms with Gasteiger partial charge < -0.3 is 9.64 Å². The fourth-order valence-corrected chi connectivity index (χ4v) is 8.61. The Kier molecular flexibility index (Phi) is 4.77. The third kappa shape index (κ3) is 3.32. The van der Waals surface area contributed by atoms with Crippen molar-refractivity contribution in [3.8, 4) is 5.75 Å². The zero-order valence-electron chi connectivity index (χ0n) is 20.5. The summed E-state index contributed by atoms with van der Waals surface area (Å²) in [5.74, 6) is 4.12. The number of ether oxygens (including phenoxy) is 1. The largest absolute Gasteiger partial charge is 0.497 e. The molecule has 1 aliphatic heterocycles. The molecule has 8 rings (SSSR count). The molecule has 2 atom stereocenters. The van der Waals surface area contributed by atoms with E-state index in [0.29, 0.717) is 23.7 Å². The summed E-state index contributed by atoms with van der Waals surface area (Å²) < 4.78 is 7.52. The summed E-state index contributed by atoms with van der Waals surface area (Å²) in [5.41, 5.74) is 2.31. The molecule has 6 nitrogen and oxygen atoms in total. The van der Waals surface area contributed by atoms with Crippen LogP contribution in [0.5, 0.6) is 5.75 Å². The first-order valence-corrected chi connectivity index (χ1v) is 13.3. The molecule has 1 saturated heterocycles. The number of piperidine rings is 1. The van der Waals surface area contributed by atoms with Crippen molar-refractivity contribution >= 4 is 11.6 Å². The molecule has 3 aromatic rings. The molecule has 2 unspecified atom stereocenters. The number of hydrogen-bond acceptors (Lipinski definition) is 4. The summed E-state index contributed by atoms with van der Waals surface area (Å²) in [4.78, 5) is 16.4. The molecule has 1 aromatic carbocycles. The van der Waals surface area contributed by atoms with E-state index in [1.165, 1.54) is 24.8 Å². The van der Waals surface area contributed by atoms with Gasteiger partial charge in [-0.05, 0) is 98.4 Å². The molecular weight excluding hydrogens is 436 g/mol. The van der Waals surface area contributed by atoms with Crippen LogP contribution in [0.25, 0.3) is 5.65 Å². The van der Waals surface area contributed by atoms with E-state index in [1.807, 2.05) is 18.2 Å². The summed E-state index contributed by atoms with van der Waals surface area (Å²) in [6.45, 7) is 1.66. The fourth-order valence-electron chi connectivity index (χ4n) is 8.61. The van der Waals surface area contributed by atoms with Gasteiger partial charge in [0.1, 0.15) is 11.6 Å². The maximum Gasteiger partial charge on any atom is 0.228 e. The zero-order chi connectivity index (χ0) is 23.6. The predicted molar refractivity (Wildman–Crippen MR) is 133 cm³/mol. The first-order chi connectivity index (χ1) is 17.1. The topological polar surface area (TPSA) is 59.7 Å². The Morgan fingerprint density at radius 1 is 0.971 bits per heavy atom. The lowest BCUT2D eigenvalue weighted by atomic mass is 9.42. The van der Waals surface area contributed by atoms with Crippen LogP contribution in [0.1, 0.15) is 68.7 Å². The van der Waals surface area contributed by atoms with Crippen LogP contribution in [0.3, 0.4) is 0 Å². The minimum Gasteiger partial charge on any atom is -0.497 e. The second kappa shape index (κ2) is 7.81. The van der Waals surface area contributed by atoms with Crippen LogP contribution in [0.2, 0.25) is 0 Å². The van der Waals surface area contributed by atoms with Gasteiger partial charge in [-0.3, -0.25) is 9.20 Å². The standard InChI is InChI=1S/C29H34N4O2/c1-35-24-7-5-23(6-8-24)28-15-20-14-21(16-28)18-29(17-20,19-28)27(34)32-12-9-22(10-13-32)26-31-30-25-4-2-3-11-33(25)26/h2-8,11,20-22H,9-10,12-19H2,1H3. The SMILES string of the molecule is COc1ccc(C23CC4CC(CC(C(=O)N5CCC(c6nnc7ccccn67)CC5)(C4)C2)C3)cc1. The molecule has 0 N–H and O–H groups in total. The molecule has 5 aliphatic rings. The van der Waals surface area contributed by atoms with Crippen molar-refractivity contribution in [1.82, 2.24) is 19.5 Å². The van der Waals surface area contributed by atoms with Crippen LogP contribution in [0.15, 0.2) is 48.7 Å². The van der Waals surface area contributed by atoms with Gasteiger partial charge in [0.25, 0.3) is 0 Å². The number of pyridine rings is 1. The summed E-state index contributed by atoms with van der Waals surface area (Å²) >= 11 is 0. The van der Waals surface area contributed by atoms with E-state index in [2.05, 4.69) is 50.0 Å². The van der Waals surface area contributed by atoms with Crippen molar-refractivity contribution in [3.05, 3.63) is 60.0 Å². The van der Waals surface area contributed by atoms with Crippen LogP contribution in [0, 0.1) is 17.3 Å². The molecule has 6 heteroatoms. The summed E-state index contributed by atoms with van der Waals surface area (Å²) in [5, 5.41) is 8.85. The second-order valence-electron chi connectivity index (χ2n) is 11.8. The van der Waals surface area contributed by atoms with Crippen LogP contribution in [-0.4, -0.2) is 45.6 Å². The molecule has 4 aliphatic carbocycles. The van der Waals surface area contributed by atoms with Crippen molar-refractivity contribution < 1.29 is 9.53 Å². The van der Waals surface area contributed by atoms with Gasteiger partial charge in [-0.25, -0.2) is 0 Å². The highest BCUT2D eigenvalue weighted by atomic mass is 16.5. The number of rotatable bonds is 4. The number of fused-ring (bicyclic) bond motifs is 1. The third-order valence-electron chi connectivity index (χ3n) is 9.70. The molecule has 182 valence electrons. The monoisotopic (exact) mass is 470 g/mol. The van der Waals surface area contributed by atoms with Gasteiger partial charge in [0, 0.05) is 25.2 Å². The highest BCUT2D eigenvalue weighted by Crippen LogP contribution is 2.66. The Hall–Kier alpha value is -2.89. The Balaban J connectivity index is 1.11. The quantitative estimate of drug-likeness (QED) is 0.540. The number of aromatic nitrogens is 3. The Labute approximate surface area is 206 Å². The van der Waals surface area contributed by atoms with Crippen LogP contribution >= 0.6 is 0 Å². The van der Waals surface area contributed by atoms with Crippen LogP contribution < -0.4 is 4.74 Å². The van der Waals surface area contributed by atoms with E-state index in [-0.39, 0.29) is 10.8 Å². The average molecular weight is 471 g/mol. The molecule has 3 heterocycles. The molecule has 5 fully saturated rings. The van der Waals surface area contributed by atoms with Crippen molar-refractivity contribution in [3.63, 3.8) is 0 Å². The van der Waals surface area contributed by atoms with E-state index in [9.17, 15) is 4.79 Å². The summed E-state index contributed by atoms with van der Waals surface area (Å²) in [6.07, 6.45) is 11.0. The average Bonchev–Trinajstić information content (AvgIpc) is 3.32. The van der Waals surface area contributed by atoms with Gasteiger partial charge in [0.2, 0.25) is 5.91 Å². The zero-order valence-corrected chi connectivity index (χ0v) is 20.5. The first-order valence-electron chi connectivity index (χ1n) is 13.3. The van der Waals surface area contributed by atoms with Gasteiger partial charge in [-0.15, -0.1) is 10.2 Å². The molecule has 4 bridgehead atoms. The number of nitrogens with zero attached hydrogens (tertiary/aromatic N) is 4. The van der Waals surface area contributed by atoms with Crippen molar-refractivity contribution in [1.29, 1.82) is 0 Å². The third-order valence-corrected chi connectivity index (χ3v) is 9.70. The summed E-state index contributed by atoms with van der Waals surface area (Å²) in [7, 11) is 1.72. The fraction of sp³-hybridized carbons (Fsp3) is 0.552. The van der Waals surface area contributed by atoms with Crippen LogP contribution in [0.4, 0.5) is 0 Å². The minimum atomic E-state index is -0.168. The summed E-state index contributed by atoms with van der Waals surface area (Å²) in [6, 6.07) is 14.8. The van der Waals surface area contributed by atoms with E-state index >= 15 is 0 Å². The van der Waals surface area contributed by atoms with E-state index < -0.39 is 0 Å². The van der Waals surface area contributed by atoms with Crippen molar-refractivity contribution in [2.45, 2.75) is 62.7 Å². The van der Waals surface area contributed by atoms with Gasteiger partial charge in [-0.2, -0.15) is 0 Å². The Morgan fingerprint density at radius 2 is 1.71 bits per heavy atom. The number of carbonyl (C=O) groups is 1. The lowest BCUT2D eigenvalue weighted by Crippen LogP contribution is -2.60. The number of hydrogen-bond donors (Lipinski definition) is 0. The first kappa shape index (κ1) is 21.4. The molecule has 0 spiro atoms. The molecule has 1 amide bonds. The molecule has 0 radical (unpaired) electrons. The number of benzene rings is 1. The van der Waals surface area contributed by atoms with Gasteiger partial charge in [-0.1, -0.05) is 18.2 Å². The maximum absolute atomic E-state index is 14.2. The normalized spacial score (nSPS) is 32.3. The Bertz CT molecular complexity index is 1240. The Morgan fingerprint density at radius 3 is 2.43 bits per heavy atom. The molecule has 4 saturated carbocycles. The minimum absolute atomic E-state index is 0.158. The van der Waals surface area contributed by atoms with E-state index in [4.69, 9.17) is 4.74 Å². The number of methoxy groups -OCH3 is 1.